The van der Waals surface area contributed by atoms with E-state index >= 15 is 0 Å². The van der Waals surface area contributed by atoms with E-state index in [9.17, 15) is 19.2 Å². The van der Waals surface area contributed by atoms with Crippen molar-refractivity contribution in [1.82, 2.24) is 10.0 Å². The number of hydrogen-bond acceptors (Lipinski definition) is 4. The number of imide groups is 1. The van der Waals surface area contributed by atoms with Crippen molar-refractivity contribution in [2.75, 3.05) is 6.54 Å². The smallest absolute Gasteiger partial charge is 0.273 e. The van der Waals surface area contributed by atoms with Crippen LogP contribution in [0.3, 0.4) is 0 Å². The van der Waals surface area contributed by atoms with E-state index in [0.29, 0.717) is 17.0 Å². The highest BCUT2D eigenvalue weighted by atomic mass is 35.5. The van der Waals surface area contributed by atoms with Crippen molar-refractivity contribution in [2.45, 2.75) is 27.2 Å². The summed E-state index contributed by atoms with van der Waals surface area (Å²) in [4.78, 5) is 53.3. The number of nitrogens with zero attached hydrogens (tertiary/aromatic N) is 2. The normalized spacial score (nSPS) is 21.8. The minimum absolute atomic E-state index is 0.131. The third-order valence-electron chi connectivity index (χ3n) is 6.54. The van der Waals surface area contributed by atoms with Gasteiger partial charge in [-0.2, -0.15) is 5.01 Å². The van der Waals surface area contributed by atoms with E-state index in [2.05, 4.69) is 0 Å². The number of carbonyl (C=O) groups is 4. The zero-order valence-electron chi connectivity index (χ0n) is 18.7. The lowest BCUT2D eigenvalue weighted by atomic mass is 9.78. The van der Waals surface area contributed by atoms with E-state index in [1.807, 2.05) is 39.0 Å². The molecule has 33 heavy (non-hydrogen) atoms. The van der Waals surface area contributed by atoms with Crippen LogP contribution in [0, 0.1) is 31.6 Å². The first-order valence-corrected chi connectivity index (χ1v) is 11.3. The van der Waals surface area contributed by atoms with Crippen LogP contribution >= 0.6 is 11.6 Å². The van der Waals surface area contributed by atoms with Gasteiger partial charge in [-0.25, -0.2) is 5.01 Å². The molecule has 1 saturated heterocycles. The Bertz CT molecular complexity index is 1170. The zero-order chi connectivity index (χ0) is 23.9. The highest BCUT2D eigenvalue weighted by molar-refractivity contribution is 6.30. The molecule has 1 fully saturated rings. The number of allylic oxidation sites excluding steroid dienone is 2. The van der Waals surface area contributed by atoms with E-state index in [0.717, 1.165) is 21.1 Å². The topological polar surface area (TPSA) is 74.8 Å². The number of hydrogen-bond donors (Lipinski definition) is 0. The average molecular weight is 465 g/mol. The van der Waals surface area contributed by atoms with Gasteiger partial charge >= 0.3 is 0 Å². The molecular weight excluding hydrogens is 440 g/mol. The van der Waals surface area contributed by atoms with Crippen molar-refractivity contribution < 1.29 is 19.2 Å². The summed E-state index contributed by atoms with van der Waals surface area (Å²) in [5.74, 6) is -3.07. The molecule has 0 spiro atoms. The number of fused-ring (bicyclic) bond motifs is 1. The van der Waals surface area contributed by atoms with Crippen LogP contribution in [0.15, 0.2) is 54.6 Å². The fourth-order valence-corrected chi connectivity index (χ4v) is 4.61. The summed E-state index contributed by atoms with van der Waals surface area (Å²) >= 11 is 5.96. The maximum absolute atomic E-state index is 13.5. The van der Waals surface area contributed by atoms with Gasteiger partial charge in [0.05, 0.1) is 11.8 Å². The van der Waals surface area contributed by atoms with E-state index in [1.54, 1.807) is 24.3 Å². The Labute approximate surface area is 197 Å². The van der Waals surface area contributed by atoms with E-state index in [-0.39, 0.29) is 17.3 Å². The molecular formula is C26H25ClN2O4. The van der Waals surface area contributed by atoms with Crippen molar-refractivity contribution in [2.24, 2.45) is 17.8 Å². The predicted octanol–water partition coefficient (Wildman–Crippen LogP) is 4.39. The van der Waals surface area contributed by atoms with Gasteiger partial charge in [-0.15, -0.1) is 0 Å². The Balaban J connectivity index is 1.71. The first kappa shape index (κ1) is 22.9. The Kier molecular flexibility index (Phi) is 6.21. The van der Waals surface area contributed by atoms with Gasteiger partial charge < -0.3 is 0 Å². The Morgan fingerprint density at radius 2 is 1.67 bits per heavy atom. The van der Waals surface area contributed by atoms with Crippen molar-refractivity contribution >= 4 is 35.1 Å². The number of Topliss-reactive ketones (excluding diaryl/α,β-unsaturated/α-hetero) is 1. The monoisotopic (exact) mass is 464 g/mol. The Hall–Kier alpha value is -3.25. The molecule has 1 aliphatic heterocycles. The highest BCUT2D eigenvalue weighted by Gasteiger charge is 2.53. The molecule has 0 radical (unpaired) electrons. The SMILES string of the molecule is Cc1ccc(C(=O)CN(C(=O)c2ccc(Cl)cc2)N2C(=O)[C@@H]3[C@@H](C)C=CC[C@H]3C2=O)cc1C. The molecule has 2 aromatic carbocycles. The minimum atomic E-state index is -0.607. The van der Waals surface area contributed by atoms with E-state index < -0.39 is 36.1 Å². The largest absolute Gasteiger partial charge is 0.292 e. The summed E-state index contributed by atoms with van der Waals surface area (Å²) in [6, 6.07) is 11.4. The second kappa shape index (κ2) is 8.94. The molecule has 2 aromatic rings. The maximum atomic E-state index is 13.5. The van der Waals surface area contributed by atoms with Crippen molar-refractivity contribution in [3.05, 3.63) is 81.9 Å². The number of benzene rings is 2. The number of rotatable bonds is 5. The Morgan fingerprint density at radius 1 is 1.00 bits per heavy atom. The predicted molar refractivity (Wildman–Crippen MR) is 124 cm³/mol. The molecule has 0 unspecified atom stereocenters. The summed E-state index contributed by atoms with van der Waals surface area (Å²) < 4.78 is 0. The van der Waals surface area contributed by atoms with Crippen LogP contribution in [-0.4, -0.2) is 40.1 Å². The number of halogens is 1. The lowest BCUT2D eigenvalue weighted by Gasteiger charge is -2.30. The second-order valence-corrected chi connectivity index (χ2v) is 9.17. The summed E-state index contributed by atoms with van der Waals surface area (Å²) in [6.45, 7) is 5.30. The number of carbonyl (C=O) groups excluding carboxylic acids is 4. The molecule has 4 rings (SSSR count). The van der Waals surface area contributed by atoms with Crippen LogP contribution in [0.1, 0.15) is 45.2 Å². The molecule has 1 heterocycles. The molecule has 7 heteroatoms. The van der Waals surface area contributed by atoms with Crippen LogP contribution in [0.5, 0.6) is 0 Å². The van der Waals surface area contributed by atoms with Crippen LogP contribution < -0.4 is 0 Å². The van der Waals surface area contributed by atoms with Gasteiger partial charge in [0.1, 0.15) is 6.54 Å². The van der Waals surface area contributed by atoms with Crippen LogP contribution in [0.25, 0.3) is 0 Å². The van der Waals surface area contributed by atoms with E-state index in [1.165, 1.54) is 12.1 Å². The second-order valence-electron chi connectivity index (χ2n) is 8.74. The minimum Gasteiger partial charge on any atom is -0.292 e. The van der Waals surface area contributed by atoms with Crippen molar-refractivity contribution in [3.8, 4) is 0 Å². The first-order valence-electron chi connectivity index (χ1n) is 10.9. The number of aryl methyl sites for hydroxylation is 2. The number of ketones is 1. The van der Waals surface area contributed by atoms with Gasteiger partial charge in [-0.3, -0.25) is 19.2 Å². The zero-order valence-corrected chi connectivity index (χ0v) is 19.5. The lowest BCUT2D eigenvalue weighted by molar-refractivity contribution is -0.154. The quantitative estimate of drug-likeness (QED) is 0.373. The standard InChI is InChI=1S/C26H25ClN2O4/c1-15-7-8-19(13-17(15)3)22(30)14-28(24(31)18-9-11-20(27)12-10-18)29-25(32)21-6-4-5-16(2)23(21)26(29)33/h4-5,7-13,16,21,23H,6,14H2,1-3H3/t16-,21+,23+/m0/s1. The lowest BCUT2D eigenvalue weighted by Crippen LogP contribution is -2.52. The summed E-state index contributed by atoms with van der Waals surface area (Å²) in [5.41, 5.74) is 2.62. The van der Waals surface area contributed by atoms with Gasteiger partial charge in [0, 0.05) is 16.1 Å². The van der Waals surface area contributed by atoms with Gasteiger partial charge in [-0.05, 0) is 67.6 Å². The summed E-state index contributed by atoms with van der Waals surface area (Å²) in [6.07, 6.45) is 4.25. The van der Waals surface area contributed by atoms with Gasteiger partial charge in [0.2, 0.25) is 0 Å². The third-order valence-corrected chi connectivity index (χ3v) is 6.79. The van der Waals surface area contributed by atoms with Crippen molar-refractivity contribution in [1.29, 1.82) is 0 Å². The fourth-order valence-electron chi connectivity index (χ4n) is 4.49. The van der Waals surface area contributed by atoms with Gasteiger partial charge in [0.15, 0.2) is 5.78 Å². The Morgan fingerprint density at radius 3 is 2.30 bits per heavy atom. The molecule has 6 nitrogen and oxygen atoms in total. The molecule has 0 bridgehead atoms. The van der Waals surface area contributed by atoms with Crippen LogP contribution in [0.4, 0.5) is 0 Å². The number of amides is 3. The van der Waals surface area contributed by atoms with E-state index in [4.69, 9.17) is 11.6 Å². The summed E-state index contributed by atoms with van der Waals surface area (Å²) in [7, 11) is 0. The first-order chi connectivity index (χ1) is 15.7. The molecule has 0 saturated carbocycles. The third kappa shape index (κ3) is 4.23. The molecule has 3 amide bonds. The molecule has 170 valence electrons. The van der Waals surface area contributed by atoms with Crippen LogP contribution in [-0.2, 0) is 9.59 Å². The molecule has 0 aromatic heterocycles. The molecule has 3 atom stereocenters. The fraction of sp³-hybridized carbons (Fsp3) is 0.308. The maximum Gasteiger partial charge on any atom is 0.273 e. The average Bonchev–Trinajstić information content (AvgIpc) is 3.05. The van der Waals surface area contributed by atoms with Gasteiger partial charge in [0.25, 0.3) is 17.7 Å². The summed E-state index contributed by atoms with van der Waals surface area (Å²) in [5, 5.41) is 2.34. The van der Waals surface area contributed by atoms with Crippen molar-refractivity contribution in [3.63, 3.8) is 0 Å². The molecule has 0 N–H and O–H groups in total. The molecule has 2 aliphatic rings. The molecule has 1 aliphatic carbocycles. The highest BCUT2D eigenvalue weighted by Crippen LogP contribution is 2.39. The van der Waals surface area contributed by atoms with Crippen LogP contribution in [0.2, 0.25) is 5.02 Å². The number of hydrazine groups is 1. The van der Waals surface area contributed by atoms with Gasteiger partial charge in [-0.1, -0.05) is 42.8 Å².